The van der Waals surface area contributed by atoms with Crippen molar-refractivity contribution in [1.82, 2.24) is 9.97 Å². The number of rotatable bonds is 6. The Morgan fingerprint density at radius 1 is 1.35 bits per heavy atom. The summed E-state index contributed by atoms with van der Waals surface area (Å²) in [6, 6.07) is 8.62. The van der Waals surface area contributed by atoms with Crippen molar-refractivity contribution in [2.75, 3.05) is 25.2 Å². The third kappa shape index (κ3) is 4.20. The zero-order chi connectivity index (χ0) is 14.4. The summed E-state index contributed by atoms with van der Waals surface area (Å²) in [5, 5.41) is 0.490. The number of thioether (sulfide) groups is 1. The van der Waals surface area contributed by atoms with E-state index in [4.69, 9.17) is 15.2 Å². The molecule has 0 radical (unpaired) electrons. The van der Waals surface area contributed by atoms with Crippen LogP contribution in [-0.4, -0.2) is 29.4 Å². The van der Waals surface area contributed by atoms with Crippen LogP contribution in [0, 0.1) is 0 Å². The van der Waals surface area contributed by atoms with Crippen LogP contribution >= 0.6 is 11.8 Å². The number of nitrogen functional groups attached to an aromatic ring is 1. The average molecular weight is 293 g/mol. The minimum atomic E-state index is -0.256. The summed E-state index contributed by atoms with van der Waals surface area (Å²) in [7, 11) is 1.61. The van der Waals surface area contributed by atoms with Gasteiger partial charge in [-0.15, -0.1) is 0 Å². The van der Waals surface area contributed by atoms with Crippen LogP contribution < -0.4 is 20.8 Å². The minimum absolute atomic E-state index is 0.213. The third-order valence-electron chi connectivity index (χ3n) is 2.37. The molecule has 1 aromatic heterocycles. The molecule has 0 atom stereocenters. The van der Waals surface area contributed by atoms with Crippen molar-refractivity contribution < 1.29 is 9.47 Å². The van der Waals surface area contributed by atoms with Gasteiger partial charge in [0.25, 0.3) is 5.56 Å². The first-order valence-corrected chi connectivity index (χ1v) is 6.92. The fourth-order valence-corrected chi connectivity index (χ4v) is 2.21. The largest absolute Gasteiger partial charge is 0.497 e. The first kappa shape index (κ1) is 14.3. The number of nitrogens with one attached hydrogen (secondary N) is 1. The number of hydrogen-bond donors (Lipinski definition) is 2. The Bertz CT molecular complexity index is 630. The van der Waals surface area contributed by atoms with E-state index in [1.165, 1.54) is 17.8 Å². The Morgan fingerprint density at radius 3 is 2.90 bits per heavy atom. The van der Waals surface area contributed by atoms with Crippen LogP contribution in [-0.2, 0) is 0 Å². The van der Waals surface area contributed by atoms with E-state index >= 15 is 0 Å². The number of aromatic amines is 1. The standard InChI is InChI=1S/C13H15N3O3S/c1-18-9-3-2-4-10(7-9)19-5-6-20-13-15-11(14)8-12(17)16-13/h2-4,7-8H,5-6H2,1H3,(H3,14,15,16,17). The van der Waals surface area contributed by atoms with E-state index in [0.717, 1.165) is 11.5 Å². The van der Waals surface area contributed by atoms with E-state index in [2.05, 4.69) is 9.97 Å². The lowest BCUT2D eigenvalue weighted by Crippen LogP contribution is -2.10. The van der Waals surface area contributed by atoms with Crippen LogP contribution in [0.1, 0.15) is 0 Å². The van der Waals surface area contributed by atoms with Gasteiger partial charge in [0.05, 0.1) is 13.7 Å². The van der Waals surface area contributed by atoms with Crippen molar-refractivity contribution in [2.24, 2.45) is 0 Å². The van der Waals surface area contributed by atoms with E-state index in [1.807, 2.05) is 24.3 Å². The fourth-order valence-electron chi connectivity index (χ4n) is 1.51. The second kappa shape index (κ2) is 6.85. The molecule has 0 bridgehead atoms. The quantitative estimate of drug-likeness (QED) is 0.477. The van der Waals surface area contributed by atoms with Crippen LogP contribution in [0.15, 0.2) is 40.3 Å². The van der Waals surface area contributed by atoms with Crippen LogP contribution in [0.5, 0.6) is 11.5 Å². The molecule has 0 spiro atoms. The van der Waals surface area contributed by atoms with E-state index in [1.54, 1.807) is 7.11 Å². The average Bonchev–Trinajstić information content (AvgIpc) is 2.43. The molecule has 2 aromatic rings. The van der Waals surface area contributed by atoms with Gasteiger partial charge in [0.2, 0.25) is 0 Å². The number of hydrogen-bond acceptors (Lipinski definition) is 6. The SMILES string of the molecule is COc1cccc(OCCSc2nc(N)cc(=O)[nH]2)c1. The van der Waals surface area contributed by atoms with Crippen molar-refractivity contribution in [2.45, 2.75) is 5.16 Å². The highest BCUT2D eigenvalue weighted by atomic mass is 32.2. The van der Waals surface area contributed by atoms with Crippen LogP contribution in [0.2, 0.25) is 0 Å². The Kier molecular flexibility index (Phi) is 4.89. The maximum atomic E-state index is 11.2. The highest BCUT2D eigenvalue weighted by Gasteiger charge is 2.01. The molecule has 20 heavy (non-hydrogen) atoms. The number of methoxy groups -OCH3 is 1. The zero-order valence-electron chi connectivity index (χ0n) is 11.0. The highest BCUT2D eigenvalue weighted by Crippen LogP contribution is 2.19. The summed E-state index contributed by atoms with van der Waals surface area (Å²) in [5.41, 5.74) is 5.24. The minimum Gasteiger partial charge on any atom is -0.497 e. The number of aromatic nitrogens is 2. The number of H-pyrrole nitrogens is 1. The van der Waals surface area contributed by atoms with E-state index in [-0.39, 0.29) is 11.4 Å². The van der Waals surface area contributed by atoms with Crippen molar-refractivity contribution in [3.8, 4) is 11.5 Å². The molecule has 0 saturated carbocycles. The summed E-state index contributed by atoms with van der Waals surface area (Å²) in [6.45, 7) is 0.482. The van der Waals surface area contributed by atoms with Gasteiger partial charge in [0.15, 0.2) is 5.16 Å². The van der Waals surface area contributed by atoms with Crippen LogP contribution in [0.3, 0.4) is 0 Å². The molecule has 3 N–H and O–H groups in total. The zero-order valence-corrected chi connectivity index (χ0v) is 11.8. The smallest absolute Gasteiger partial charge is 0.253 e. The summed E-state index contributed by atoms with van der Waals surface area (Å²) >= 11 is 1.38. The van der Waals surface area contributed by atoms with E-state index in [9.17, 15) is 4.79 Å². The van der Waals surface area contributed by atoms with Crippen molar-refractivity contribution >= 4 is 17.6 Å². The molecule has 1 aromatic carbocycles. The Balaban J connectivity index is 1.82. The summed E-state index contributed by atoms with van der Waals surface area (Å²) in [5.74, 6) is 2.34. The van der Waals surface area contributed by atoms with Crippen LogP contribution in [0.4, 0.5) is 5.82 Å². The fraction of sp³-hybridized carbons (Fsp3) is 0.231. The second-order valence-corrected chi connectivity index (χ2v) is 4.93. The van der Waals surface area contributed by atoms with Gasteiger partial charge >= 0.3 is 0 Å². The molecule has 0 unspecified atom stereocenters. The van der Waals surface area contributed by atoms with Crippen LogP contribution in [0.25, 0.3) is 0 Å². The molecule has 0 aliphatic rings. The molecular weight excluding hydrogens is 278 g/mol. The van der Waals surface area contributed by atoms with Gasteiger partial charge in [-0.2, -0.15) is 0 Å². The van der Waals surface area contributed by atoms with Gasteiger partial charge in [-0.1, -0.05) is 17.8 Å². The monoisotopic (exact) mass is 293 g/mol. The predicted molar refractivity (Wildman–Crippen MR) is 78.5 cm³/mol. The van der Waals surface area contributed by atoms with Gasteiger partial charge in [0.1, 0.15) is 17.3 Å². The van der Waals surface area contributed by atoms with Gasteiger partial charge in [-0.05, 0) is 12.1 Å². The molecule has 1 heterocycles. The molecule has 106 valence electrons. The number of nitrogens with zero attached hydrogens (tertiary/aromatic N) is 1. The molecule has 7 heteroatoms. The maximum Gasteiger partial charge on any atom is 0.253 e. The van der Waals surface area contributed by atoms with Gasteiger partial charge in [0, 0.05) is 17.9 Å². The normalized spacial score (nSPS) is 10.2. The maximum absolute atomic E-state index is 11.2. The van der Waals surface area contributed by atoms with Crippen molar-refractivity contribution in [3.05, 3.63) is 40.7 Å². The molecule has 0 aliphatic heterocycles. The Morgan fingerprint density at radius 2 is 2.15 bits per heavy atom. The summed E-state index contributed by atoms with van der Waals surface area (Å²) < 4.78 is 10.7. The highest BCUT2D eigenvalue weighted by molar-refractivity contribution is 7.99. The second-order valence-electron chi connectivity index (χ2n) is 3.85. The topological polar surface area (TPSA) is 90.2 Å². The third-order valence-corrected chi connectivity index (χ3v) is 3.21. The lowest BCUT2D eigenvalue weighted by Gasteiger charge is -2.07. The lowest BCUT2D eigenvalue weighted by molar-refractivity contribution is 0.339. The molecule has 0 aliphatic carbocycles. The van der Waals surface area contributed by atoms with Gasteiger partial charge in [-0.3, -0.25) is 4.79 Å². The molecular formula is C13H15N3O3S. The lowest BCUT2D eigenvalue weighted by atomic mass is 10.3. The Labute approximate surface area is 120 Å². The predicted octanol–water partition coefficient (Wildman–Crippen LogP) is 1.53. The van der Waals surface area contributed by atoms with Crippen molar-refractivity contribution in [3.63, 3.8) is 0 Å². The number of anilines is 1. The summed E-state index contributed by atoms with van der Waals surface area (Å²) in [4.78, 5) is 17.8. The Hall–Kier alpha value is -2.15. The summed E-state index contributed by atoms with van der Waals surface area (Å²) in [6.07, 6.45) is 0. The van der Waals surface area contributed by atoms with E-state index < -0.39 is 0 Å². The first-order valence-electron chi connectivity index (χ1n) is 5.94. The number of ether oxygens (including phenoxy) is 2. The molecule has 2 rings (SSSR count). The van der Waals surface area contributed by atoms with E-state index in [0.29, 0.717) is 17.5 Å². The molecule has 0 fully saturated rings. The van der Waals surface area contributed by atoms with Crippen molar-refractivity contribution in [1.29, 1.82) is 0 Å². The number of nitrogens with two attached hydrogens (primary N) is 1. The number of benzene rings is 1. The van der Waals surface area contributed by atoms with Gasteiger partial charge < -0.3 is 20.2 Å². The molecule has 0 amide bonds. The molecule has 0 saturated heterocycles. The molecule has 6 nitrogen and oxygen atoms in total. The van der Waals surface area contributed by atoms with Gasteiger partial charge in [-0.25, -0.2) is 4.98 Å². The first-order chi connectivity index (χ1) is 9.67.